The van der Waals surface area contributed by atoms with Crippen molar-refractivity contribution in [1.82, 2.24) is 14.9 Å². The molecule has 1 aliphatic heterocycles. The topological polar surface area (TPSA) is 32.3 Å². The first kappa shape index (κ1) is 18.3. The summed E-state index contributed by atoms with van der Waals surface area (Å²) in [5, 5.41) is 1.19. The van der Waals surface area contributed by atoms with E-state index in [9.17, 15) is 0 Å². The summed E-state index contributed by atoms with van der Waals surface area (Å²) in [7, 11) is 0. The van der Waals surface area contributed by atoms with Crippen molar-refractivity contribution in [3.8, 4) is 0 Å². The lowest BCUT2D eigenvalue weighted by molar-refractivity contribution is 0.212. The van der Waals surface area contributed by atoms with E-state index in [2.05, 4.69) is 93.4 Å². The second-order valence-electron chi connectivity index (χ2n) is 7.52. The lowest BCUT2D eigenvalue weighted by Gasteiger charge is -2.40. The molecule has 1 aliphatic rings. The predicted octanol–water partition coefficient (Wildman–Crippen LogP) is 4.91. The minimum atomic E-state index is 0.286. The molecule has 0 unspecified atom stereocenters. The van der Waals surface area contributed by atoms with Crippen molar-refractivity contribution in [3.05, 3.63) is 89.1 Å². The van der Waals surface area contributed by atoms with Gasteiger partial charge in [-0.05, 0) is 24.1 Å². The molecule has 0 spiro atoms. The summed E-state index contributed by atoms with van der Waals surface area (Å²) in [6, 6.07) is 24.2. The smallest absolute Gasteiger partial charge is 0.140 e. The number of hydrogen-bond acceptors (Lipinski definition) is 5. The van der Waals surface area contributed by atoms with Gasteiger partial charge in [0, 0.05) is 31.1 Å². The van der Waals surface area contributed by atoms with Gasteiger partial charge in [-0.2, -0.15) is 0 Å². The molecule has 5 rings (SSSR count). The average Bonchev–Trinajstić information content (AvgIpc) is 3.16. The van der Waals surface area contributed by atoms with Gasteiger partial charge in [-0.25, -0.2) is 9.97 Å². The van der Waals surface area contributed by atoms with Gasteiger partial charge in [-0.1, -0.05) is 60.7 Å². The molecule has 0 saturated carbocycles. The molecule has 5 heteroatoms. The summed E-state index contributed by atoms with van der Waals surface area (Å²) in [5.74, 6) is 1.08. The highest BCUT2D eigenvalue weighted by molar-refractivity contribution is 7.18. The number of anilines is 1. The second kappa shape index (κ2) is 7.93. The van der Waals surface area contributed by atoms with Crippen LogP contribution in [0.4, 0.5) is 5.82 Å². The lowest BCUT2D eigenvalue weighted by atomic mass is 9.96. The van der Waals surface area contributed by atoms with Crippen molar-refractivity contribution in [2.45, 2.75) is 13.0 Å². The van der Waals surface area contributed by atoms with E-state index in [1.54, 1.807) is 17.7 Å². The molecule has 0 amide bonds. The van der Waals surface area contributed by atoms with Crippen LogP contribution in [0.3, 0.4) is 0 Å². The van der Waals surface area contributed by atoms with E-state index in [1.165, 1.54) is 21.4 Å². The first-order chi connectivity index (χ1) is 14.3. The van der Waals surface area contributed by atoms with Gasteiger partial charge < -0.3 is 4.90 Å². The van der Waals surface area contributed by atoms with Gasteiger partial charge in [-0.3, -0.25) is 4.90 Å². The standard InChI is InChI=1S/C24H24N4S/c1-18-16-21-23(25-17-26-24(21)29-18)28-14-12-27(13-15-28)22(19-8-4-2-5-9-19)20-10-6-3-7-11-20/h2-11,16-17,22H,12-15H2,1H3. The maximum atomic E-state index is 4.63. The lowest BCUT2D eigenvalue weighted by Crippen LogP contribution is -2.48. The van der Waals surface area contributed by atoms with Gasteiger partial charge in [0.1, 0.15) is 17.0 Å². The third-order valence-electron chi connectivity index (χ3n) is 5.64. The van der Waals surface area contributed by atoms with Crippen LogP contribution in [0.5, 0.6) is 0 Å². The van der Waals surface area contributed by atoms with Gasteiger partial charge in [0.05, 0.1) is 11.4 Å². The molecule has 3 heterocycles. The fourth-order valence-electron chi connectivity index (χ4n) is 4.29. The normalized spacial score (nSPS) is 15.3. The summed E-state index contributed by atoms with van der Waals surface area (Å²) < 4.78 is 0. The summed E-state index contributed by atoms with van der Waals surface area (Å²) in [6.45, 7) is 6.08. The summed E-state index contributed by atoms with van der Waals surface area (Å²) in [4.78, 5) is 16.5. The number of thiophene rings is 1. The third kappa shape index (κ3) is 3.63. The molecule has 0 bridgehead atoms. The highest BCUT2D eigenvalue weighted by Gasteiger charge is 2.27. The molecule has 0 atom stereocenters. The SMILES string of the molecule is Cc1cc2c(N3CCN(C(c4ccccc4)c4ccccc4)CC3)ncnc2s1. The fraction of sp³-hybridized carbons (Fsp3) is 0.250. The predicted molar refractivity (Wildman–Crippen MR) is 121 cm³/mol. The van der Waals surface area contributed by atoms with Crippen molar-refractivity contribution in [2.75, 3.05) is 31.1 Å². The van der Waals surface area contributed by atoms with Crippen LogP contribution in [0.15, 0.2) is 73.1 Å². The number of piperazine rings is 1. The van der Waals surface area contributed by atoms with E-state index in [0.717, 1.165) is 36.8 Å². The molecule has 2 aromatic carbocycles. The molecule has 0 aliphatic carbocycles. The van der Waals surface area contributed by atoms with E-state index < -0.39 is 0 Å². The van der Waals surface area contributed by atoms with Crippen LogP contribution in [-0.4, -0.2) is 41.0 Å². The molecular weight excluding hydrogens is 376 g/mol. The molecule has 1 saturated heterocycles. The van der Waals surface area contributed by atoms with Crippen LogP contribution in [0.1, 0.15) is 22.0 Å². The Morgan fingerprint density at radius 1 is 0.828 bits per heavy atom. The zero-order valence-electron chi connectivity index (χ0n) is 16.5. The van der Waals surface area contributed by atoms with E-state index in [0.29, 0.717) is 0 Å². The van der Waals surface area contributed by atoms with E-state index >= 15 is 0 Å². The number of nitrogens with zero attached hydrogens (tertiary/aromatic N) is 4. The maximum Gasteiger partial charge on any atom is 0.140 e. The number of hydrogen-bond donors (Lipinski definition) is 0. The minimum Gasteiger partial charge on any atom is -0.353 e. The van der Waals surface area contributed by atoms with Crippen LogP contribution in [0.25, 0.3) is 10.2 Å². The van der Waals surface area contributed by atoms with E-state index in [1.807, 2.05) is 0 Å². The highest BCUT2D eigenvalue weighted by atomic mass is 32.1. The summed E-state index contributed by atoms with van der Waals surface area (Å²) in [5.41, 5.74) is 2.70. The third-order valence-corrected chi connectivity index (χ3v) is 6.60. The molecule has 146 valence electrons. The van der Waals surface area contributed by atoms with Crippen molar-refractivity contribution in [1.29, 1.82) is 0 Å². The number of fused-ring (bicyclic) bond motifs is 1. The molecule has 4 nitrogen and oxygen atoms in total. The largest absolute Gasteiger partial charge is 0.353 e. The number of benzene rings is 2. The molecule has 0 radical (unpaired) electrons. The Morgan fingerprint density at radius 2 is 1.45 bits per heavy atom. The summed E-state index contributed by atoms with van der Waals surface area (Å²) >= 11 is 1.74. The molecule has 2 aromatic heterocycles. The first-order valence-electron chi connectivity index (χ1n) is 10.1. The van der Waals surface area contributed by atoms with E-state index in [4.69, 9.17) is 0 Å². The Morgan fingerprint density at radius 3 is 2.07 bits per heavy atom. The van der Waals surface area contributed by atoms with Gasteiger partial charge in [0.2, 0.25) is 0 Å². The number of aromatic nitrogens is 2. The molecule has 0 N–H and O–H groups in total. The van der Waals surface area contributed by atoms with Crippen LogP contribution < -0.4 is 4.90 Å². The Balaban J connectivity index is 1.40. The first-order valence-corrected chi connectivity index (χ1v) is 10.9. The number of rotatable bonds is 4. The van der Waals surface area contributed by atoms with Crippen molar-refractivity contribution >= 4 is 27.4 Å². The van der Waals surface area contributed by atoms with Crippen LogP contribution in [0.2, 0.25) is 0 Å². The zero-order chi connectivity index (χ0) is 19.6. The fourth-order valence-corrected chi connectivity index (χ4v) is 5.13. The highest BCUT2D eigenvalue weighted by Crippen LogP contribution is 2.33. The number of aryl methyl sites for hydroxylation is 1. The molecule has 1 fully saturated rings. The van der Waals surface area contributed by atoms with Crippen molar-refractivity contribution < 1.29 is 0 Å². The monoisotopic (exact) mass is 400 g/mol. The summed E-state index contributed by atoms with van der Waals surface area (Å²) in [6.07, 6.45) is 1.71. The van der Waals surface area contributed by atoms with Crippen molar-refractivity contribution in [2.24, 2.45) is 0 Å². The maximum absolute atomic E-state index is 4.63. The van der Waals surface area contributed by atoms with Crippen LogP contribution in [-0.2, 0) is 0 Å². The Labute approximate surface area is 175 Å². The molecular formula is C24H24N4S. The Bertz CT molecular complexity index is 1050. The Hall–Kier alpha value is -2.76. The second-order valence-corrected chi connectivity index (χ2v) is 8.75. The zero-order valence-corrected chi connectivity index (χ0v) is 17.3. The average molecular weight is 401 g/mol. The van der Waals surface area contributed by atoms with Gasteiger partial charge >= 0.3 is 0 Å². The van der Waals surface area contributed by atoms with Gasteiger partial charge in [0.15, 0.2) is 0 Å². The quantitative estimate of drug-likeness (QED) is 0.487. The van der Waals surface area contributed by atoms with Crippen molar-refractivity contribution in [3.63, 3.8) is 0 Å². The van der Waals surface area contributed by atoms with Crippen LogP contribution >= 0.6 is 11.3 Å². The minimum absolute atomic E-state index is 0.286. The molecule has 29 heavy (non-hydrogen) atoms. The Kier molecular flexibility index (Phi) is 5.00. The molecule has 4 aromatic rings. The van der Waals surface area contributed by atoms with Crippen LogP contribution in [0, 0.1) is 6.92 Å². The van der Waals surface area contributed by atoms with Gasteiger partial charge in [0.25, 0.3) is 0 Å². The van der Waals surface area contributed by atoms with E-state index in [-0.39, 0.29) is 6.04 Å². The van der Waals surface area contributed by atoms with Gasteiger partial charge in [-0.15, -0.1) is 11.3 Å².